The lowest BCUT2D eigenvalue weighted by atomic mass is 9.94. The number of hydrogen-bond donors (Lipinski definition) is 0. The molecule has 3 heterocycles. The minimum atomic E-state index is -1.63. The van der Waals surface area contributed by atoms with Crippen molar-refractivity contribution in [3.05, 3.63) is 29.8 Å². The Labute approximate surface area is 134 Å². The minimum Gasteiger partial charge on any atom is -0.491 e. The molecular formula is C15H20BNO6. The predicted molar refractivity (Wildman–Crippen MR) is 80.7 cm³/mol. The van der Waals surface area contributed by atoms with Crippen LogP contribution in [0.15, 0.2) is 24.3 Å². The van der Waals surface area contributed by atoms with Gasteiger partial charge in [-0.25, -0.2) is 4.79 Å². The summed E-state index contributed by atoms with van der Waals surface area (Å²) in [5.41, 5.74) is 0.501. The van der Waals surface area contributed by atoms with Crippen LogP contribution >= 0.6 is 0 Å². The van der Waals surface area contributed by atoms with Gasteiger partial charge in [-0.1, -0.05) is 0 Å². The van der Waals surface area contributed by atoms with E-state index >= 15 is 0 Å². The fraction of sp³-hybridized carbons (Fsp3) is 0.533. The second-order valence-electron chi connectivity index (χ2n) is 6.28. The van der Waals surface area contributed by atoms with E-state index in [9.17, 15) is 4.79 Å². The van der Waals surface area contributed by atoms with Gasteiger partial charge in [0.25, 0.3) is 0 Å². The van der Waals surface area contributed by atoms with Crippen LogP contribution in [0.25, 0.3) is 0 Å². The summed E-state index contributed by atoms with van der Waals surface area (Å²) in [6.07, 6.45) is -0.0455. The third kappa shape index (κ3) is 2.33. The summed E-state index contributed by atoms with van der Waals surface area (Å²) in [6, 6.07) is 6.88. The highest BCUT2D eigenvalue weighted by Crippen LogP contribution is 2.41. The van der Waals surface area contributed by atoms with Crippen molar-refractivity contribution in [2.24, 2.45) is 0 Å². The second kappa shape index (κ2) is 5.49. The molecule has 0 saturated carbocycles. The van der Waals surface area contributed by atoms with Crippen LogP contribution in [0.2, 0.25) is 0 Å². The summed E-state index contributed by atoms with van der Waals surface area (Å²) < 4.78 is 28.9. The Morgan fingerprint density at radius 3 is 2.57 bits per heavy atom. The SMILES string of the molecule is COC(=O)c1ccc(OC[C@H]2C[N+]34CCO[B-]3(OCC4)O2)cc1. The van der Waals surface area contributed by atoms with Crippen LogP contribution in [0.4, 0.5) is 0 Å². The number of quaternary nitrogens is 1. The molecule has 3 fully saturated rings. The first-order valence-corrected chi connectivity index (χ1v) is 7.92. The zero-order chi connectivity index (χ0) is 15.9. The summed E-state index contributed by atoms with van der Waals surface area (Å²) in [5, 5.41) is 0. The maximum atomic E-state index is 11.4. The van der Waals surface area contributed by atoms with Gasteiger partial charge in [-0.15, -0.1) is 0 Å². The fourth-order valence-corrected chi connectivity index (χ4v) is 3.86. The van der Waals surface area contributed by atoms with Crippen LogP contribution < -0.4 is 4.74 Å². The highest BCUT2D eigenvalue weighted by atomic mass is 16.8. The lowest BCUT2D eigenvalue weighted by Crippen LogP contribution is -2.59. The van der Waals surface area contributed by atoms with E-state index in [0.29, 0.717) is 31.1 Å². The molecule has 8 heteroatoms. The first kappa shape index (κ1) is 15.0. The zero-order valence-electron chi connectivity index (χ0n) is 13.1. The predicted octanol–water partition coefficient (Wildman–Crippen LogP) is 0.564. The molecule has 3 aliphatic heterocycles. The third-order valence-corrected chi connectivity index (χ3v) is 5.04. The van der Waals surface area contributed by atoms with Gasteiger partial charge in [0.05, 0.1) is 45.5 Å². The van der Waals surface area contributed by atoms with E-state index in [1.807, 2.05) is 0 Å². The van der Waals surface area contributed by atoms with E-state index in [0.717, 1.165) is 24.0 Å². The van der Waals surface area contributed by atoms with Crippen molar-refractivity contribution in [3.63, 3.8) is 0 Å². The molecule has 1 atom stereocenters. The Bertz CT molecular complexity index is 576. The minimum absolute atomic E-state index is 0.0455. The monoisotopic (exact) mass is 321 g/mol. The van der Waals surface area contributed by atoms with E-state index in [-0.39, 0.29) is 12.1 Å². The summed E-state index contributed by atoms with van der Waals surface area (Å²) >= 11 is 0. The molecule has 4 rings (SSSR count). The molecule has 1 aromatic carbocycles. The highest BCUT2D eigenvalue weighted by Gasteiger charge is 2.66. The molecule has 0 unspecified atom stereocenters. The van der Waals surface area contributed by atoms with Crippen LogP contribution in [0, 0.1) is 0 Å². The zero-order valence-corrected chi connectivity index (χ0v) is 13.1. The lowest BCUT2D eigenvalue weighted by Gasteiger charge is -2.37. The summed E-state index contributed by atoms with van der Waals surface area (Å²) in [5.74, 6) is 0.337. The lowest BCUT2D eigenvalue weighted by molar-refractivity contribution is -0.816. The molecule has 1 aromatic rings. The highest BCUT2D eigenvalue weighted by molar-refractivity contribution is 6.54. The van der Waals surface area contributed by atoms with Gasteiger partial charge in [0, 0.05) is 0 Å². The van der Waals surface area contributed by atoms with Crippen LogP contribution in [0.3, 0.4) is 0 Å². The van der Waals surface area contributed by atoms with E-state index < -0.39 is 6.89 Å². The van der Waals surface area contributed by atoms with Gasteiger partial charge in [0.15, 0.2) is 0 Å². The summed E-state index contributed by atoms with van der Waals surface area (Å²) in [6.45, 7) is 2.96. The van der Waals surface area contributed by atoms with Gasteiger partial charge in [-0.05, 0) is 24.3 Å². The molecule has 7 nitrogen and oxygen atoms in total. The average Bonchev–Trinajstić information content (AvgIpc) is 3.14. The van der Waals surface area contributed by atoms with Crippen molar-refractivity contribution < 1.29 is 32.6 Å². The third-order valence-electron chi connectivity index (χ3n) is 5.04. The van der Waals surface area contributed by atoms with E-state index in [2.05, 4.69) is 4.74 Å². The number of methoxy groups -OCH3 is 1. The molecule has 0 aromatic heterocycles. The average molecular weight is 321 g/mol. The molecule has 3 aliphatic rings. The standard InChI is InChI=1S/C15H20BNO6/c1-19-15(18)12-2-4-13(5-3-12)20-11-14-10-17-6-8-21-16(17,23-14)22-9-7-17/h2-5,14H,6-11H2,1H3/t14-,16?,17?/m1/s1. The first-order chi connectivity index (χ1) is 11.2. The molecule has 0 radical (unpaired) electrons. The summed E-state index contributed by atoms with van der Waals surface area (Å²) in [7, 11) is 1.36. The van der Waals surface area contributed by atoms with E-state index in [4.69, 9.17) is 18.7 Å². The van der Waals surface area contributed by atoms with Crippen molar-refractivity contribution in [3.8, 4) is 5.75 Å². The van der Waals surface area contributed by atoms with Crippen LogP contribution in [0.5, 0.6) is 5.75 Å². The van der Waals surface area contributed by atoms with E-state index in [1.54, 1.807) is 24.3 Å². The molecule has 23 heavy (non-hydrogen) atoms. The van der Waals surface area contributed by atoms with Gasteiger partial charge >= 0.3 is 12.9 Å². The van der Waals surface area contributed by atoms with Gasteiger partial charge < -0.3 is 27.8 Å². The van der Waals surface area contributed by atoms with Crippen molar-refractivity contribution in [2.45, 2.75) is 6.10 Å². The molecule has 0 bridgehead atoms. The Morgan fingerprint density at radius 2 is 1.96 bits per heavy atom. The quantitative estimate of drug-likeness (QED) is 0.597. The summed E-state index contributed by atoms with van der Waals surface area (Å²) in [4.78, 5) is 11.4. The van der Waals surface area contributed by atoms with Crippen LogP contribution in [-0.2, 0) is 18.7 Å². The number of carbonyl (C=O) groups excluding carboxylic acids is 1. The van der Waals surface area contributed by atoms with E-state index in [1.165, 1.54) is 7.11 Å². The largest absolute Gasteiger partial charge is 0.625 e. The number of nitrogens with zero attached hydrogens (tertiary/aromatic N) is 1. The molecular weight excluding hydrogens is 301 g/mol. The van der Waals surface area contributed by atoms with Crippen LogP contribution in [-0.4, -0.2) is 69.9 Å². The molecule has 0 aliphatic carbocycles. The Balaban J connectivity index is 1.37. The van der Waals surface area contributed by atoms with Gasteiger partial charge in [-0.3, -0.25) is 0 Å². The number of carbonyl (C=O) groups is 1. The van der Waals surface area contributed by atoms with Crippen molar-refractivity contribution in [2.75, 3.05) is 46.6 Å². The number of hydrogen-bond acceptors (Lipinski definition) is 6. The smallest absolute Gasteiger partial charge is 0.491 e. The van der Waals surface area contributed by atoms with Gasteiger partial charge in [0.1, 0.15) is 18.5 Å². The van der Waals surface area contributed by atoms with Crippen molar-refractivity contribution >= 4 is 12.9 Å². The first-order valence-electron chi connectivity index (χ1n) is 7.92. The molecule has 0 spiro atoms. The number of ether oxygens (including phenoxy) is 2. The maximum Gasteiger partial charge on any atom is 0.625 e. The van der Waals surface area contributed by atoms with Crippen molar-refractivity contribution in [1.82, 2.24) is 0 Å². The fourth-order valence-electron chi connectivity index (χ4n) is 3.86. The normalized spacial score (nSPS) is 34.9. The second-order valence-corrected chi connectivity index (χ2v) is 6.28. The number of benzene rings is 1. The van der Waals surface area contributed by atoms with Crippen molar-refractivity contribution in [1.29, 1.82) is 0 Å². The molecule has 124 valence electrons. The molecule has 0 N–H and O–H groups in total. The Kier molecular flexibility index (Phi) is 3.57. The Morgan fingerprint density at radius 1 is 1.26 bits per heavy atom. The molecule has 0 amide bonds. The Hall–Kier alpha value is -1.61. The van der Waals surface area contributed by atoms with Gasteiger partial charge in [0.2, 0.25) is 0 Å². The number of rotatable bonds is 4. The van der Waals surface area contributed by atoms with Gasteiger partial charge in [-0.2, -0.15) is 0 Å². The van der Waals surface area contributed by atoms with Crippen LogP contribution in [0.1, 0.15) is 10.4 Å². The molecule has 3 saturated heterocycles. The number of esters is 1. The maximum absolute atomic E-state index is 11.4. The topological polar surface area (TPSA) is 63.2 Å².